The summed E-state index contributed by atoms with van der Waals surface area (Å²) < 4.78 is 2.26. The lowest BCUT2D eigenvalue weighted by atomic mass is 9.98. The summed E-state index contributed by atoms with van der Waals surface area (Å²) in [7, 11) is 2.13. The third-order valence-corrected chi connectivity index (χ3v) is 3.01. The normalized spacial score (nSPS) is 22.4. The van der Waals surface area contributed by atoms with Gasteiger partial charge in [0.05, 0.1) is 0 Å². The Morgan fingerprint density at radius 3 is 2.50 bits per heavy atom. The molecule has 0 saturated carbocycles. The number of aromatic nitrogens is 1. The van der Waals surface area contributed by atoms with Crippen LogP contribution in [0.3, 0.4) is 0 Å². The summed E-state index contributed by atoms with van der Waals surface area (Å²) in [5, 5.41) is 3.43. The fourth-order valence-corrected chi connectivity index (χ4v) is 1.79. The predicted molar refractivity (Wildman–Crippen MR) is 50.2 cm³/mol. The summed E-state index contributed by atoms with van der Waals surface area (Å²) in [4.78, 5) is 0. The zero-order valence-electron chi connectivity index (χ0n) is 8.02. The second-order valence-corrected chi connectivity index (χ2v) is 3.68. The Bertz CT molecular complexity index is 295. The van der Waals surface area contributed by atoms with E-state index in [2.05, 4.69) is 36.8 Å². The number of aryl methyl sites for hydroxylation is 1. The van der Waals surface area contributed by atoms with Crippen LogP contribution in [-0.4, -0.2) is 11.1 Å². The van der Waals surface area contributed by atoms with Crippen molar-refractivity contribution in [3.63, 3.8) is 0 Å². The minimum atomic E-state index is 0.630. The number of nitrogens with zero attached hydrogens (tertiary/aromatic N) is 1. The summed E-state index contributed by atoms with van der Waals surface area (Å²) in [5.41, 5.74) is 4.25. The molecule has 2 nitrogen and oxygen atoms in total. The van der Waals surface area contributed by atoms with Crippen molar-refractivity contribution in [2.75, 3.05) is 6.54 Å². The zero-order chi connectivity index (χ0) is 8.72. The molecule has 1 fully saturated rings. The molecule has 2 heterocycles. The third-order valence-electron chi connectivity index (χ3n) is 3.01. The van der Waals surface area contributed by atoms with Gasteiger partial charge in [-0.15, -0.1) is 0 Å². The zero-order valence-corrected chi connectivity index (χ0v) is 8.02. The van der Waals surface area contributed by atoms with Gasteiger partial charge in [0, 0.05) is 24.5 Å². The molecule has 1 aliphatic heterocycles. The highest BCUT2D eigenvalue weighted by molar-refractivity contribution is 5.30. The van der Waals surface area contributed by atoms with Gasteiger partial charge in [0.15, 0.2) is 0 Å². The Hall–Kier alpha value is -0.760. The van der Waals surface area contributed by atoms with Gasteiger partial charge in [-0.25, -0.2) is 0 Å². The molecule has 0 amide bonds. The molecule has 1 aromatic heterocycles. The van der Waals surface area contributed by atoms with Crippen molar-refractivity contribution in [3.8, 4) is 0 Å². The van der Waals surface area contributed by atoms with E-state index in [9.17, 15) is 0 Å². The van der Waals surface area contributed by atoms with Crippen LogP contribution in [0.5, 0.6) is 0 Å². The van der Waals surface area contributed by atoms with E-state index in [-0.39, 0.29) is 0 Å². The van der Waals surface area contributed by atoms with Crippen molar-refractivity contribution in [1.82, 2.24) is 9.88 Å². The van der Waals surface area contributed by atoms with Crippen molar-refractivity contribution in [3.05, 3.63) is 23.0 Å². The molecule has 66 valence electrons. The quantitative estimate of drug-likeness (QED) is 0.668. The Balaban J connectivity index is 2.36. The minimum Gasteiger partial charge on any atom is -0.352 e. The maximum Gasteiger partial charge on any atom is 0.0350 e. The molecule has 0 aliphatic carbocycles. The Morgan fingerprint density at radius 1 is 1.50 bits per heavy atom. The summed E-state index contributed by atoms with van der Waals surface area (Å²) in [6, 6.07) is 2.93. The second-order valence-electron chi connectivity index (χ2n) is 3.68. The van der Waals surface area contributed by atoms with Crippen LogP contribution in [-0.2, 0) is 7.05 Å². The van der Waals surface area contributed by atoms with Gasteiger partial charge < -0.3 is 9.88 Å². The lowest BCUT2D eigenvalue weighted by Crippen LogP contribution is -2.35. The Morgan fingerprint density at radius 2 is 2.17 bits per heavy atom. The molecule has 1 aromatic rings. The number of nitrogens with one attached hydrogen (secondary N) is 1. The molecular formula is C10H16N2. The molecule has 1 saturated heterocycles. The van der Waals surface area contributed by atoms with Crippen LogP contribution in [0.1, 0.15) is 29.4 Å². The standard InChI is InChI=1S/C10H16N2/c1-7-6-9(8(2)12(7)3)10-4-5-11-10/h6,10-11H,4-5H2,1-3H3/t10-/m0/s1. The summed E-state index contributed by atoms with van der Waals surface area (Å²) in [5.74, 6) is 0. The summed E-state index contributed by atoms with van der Waals surface area (Å²) >= 11 is 0. The predicted octanol–water partition coefficient (Wildman–Crippen LogP) is 1.68. The molecule has 0 radical (unpaired) electrons. The average molecular weight is 164 g/mol. The van der Waals surface area contributed by atoms with Crippen molar-refractivity contribution in [2.45, 2.75) is 26.3 Å². The molecule has 2 heteroatoms. The monoisotopic (exact) mass is 164 g/mol. The lowest BCUT2D eigenvalue weighted by molar-refractivity contribution is 0.381. The van der Waals surface area contributed by atoms with E-state index in [1.807, 2.05) is 0 Å². The highest BCUT2D eigenvalue weighted by Gasteiger charge is 2.22. The van der Waals surface area contributed by atoms with Gasteiger partial charge >= 0.3 is 0 Å². The van der Waals surface area contributed by atoms with Crippen molar-refractivity contribution in [1.29, 1.82) is 0 Å². The highest BCUT2D eigenvalue weighted by Crippen LogP contribution is 2.27. The molecule has 12 heavy (non-hydrogen) atoms. The third kappa shape index (κ3) is 0.985. The average Bonchev–Trinajstić information content (AvgIpc) is 2.15. The fraction of sp³-hybridized carbons (Fsp3) is 0.600. The molecule has 1 aliphatic rings. The van der Waals surface area contributed by atoms with Crippen LogP contribution in [0.15, 0.2) is 6.07 Å². The maximum absolute atomic E-state index is 3.43. The van der Waals surface area contributed by atoms with Gasteiger partial charge in [-0.1, -0.05) is 0 Å². The first kappa shape index (κ1) is 7.87. The van der Waals surface area contributed by atoms with Gasteiger partial charge in [0.1, 0.15) is 0 Å². The lowest BCUT2D eigenvalue weighted by Gasteiger charge is -2.27. The SMILES string of the molecule is Cc1cc([C@@H]2CCN2)c(C)n1C. The molecule has 2 rings (SSSR count). The van der Waals surface area contributed by atoms with E-state index < -0.39 is 0 Å². The molecule has 0 spiro atoms. The van der Waals surface area contributed by atoms with Gasteiger partial charge in [0.2, 0.25) is 0 Å². The number of rotatable bonds is 1. The van der Waals surface area contributed by atoms with E-state index in [0.29, 0.717) is 6.04 Å². The summed E-state index contributed by atoms with van der Waals surface area (Å²) in [6.45, 7) is 5.54. The van der Waals surface area contributed by atoms with E-state index in [1.54, 1.807) is 0 Å². The van der Waals surface area contributed by atoms with Crippen LogP contribution >= 0.6 is 0 Å². The van der Waals surface area contributed by atoms with Crippen LogP contribution in [0.4, 0.5) is 0 Å². The largest absolute Gasteiger partial charge is 0.352 e. The van der Waals surface area contributed by atoms with Gasteiger partial charge in [-0.2, -0.15) is 0 Å². The van der Waals surface area contributed by atoms with Crippen LogP contribution in [0, 0.1) is 13.8 Å². The molecule has 0 aromatic carbocycles. The molecule has 1 atom stereocenters. The first-order valence-corrected chi connectivity index (χ1v) is 4.56. The van der Waals surface area contributed by atoms with E-state index in [1.165, 1.54) is 29.9 Å². The first-order chi connectivity index (χ1) is 5.70. The van der Waals surface area contributed by atoms with Crippen LogP contribution in [0.2, 0.25) is 0 Å². The number of hydrogen-bond donors (Lipinski definition) is 1. The molecular weight excluding hydrogens is 148 g/mol. The minimum absolute atomic E-state index is 0.630. The first-order valence-electron chi connectivity index (χ1n) is 4.56. The van der Waals surface area contributed by atoms with Crippen LogP contribution in [0.25, 0.3) is 0 Å². The molecule has 1 N–H and O–H groups in total. The van der Waals surface area contributed by atoms with Gasteiger partial charge in [-0.3, -0.25) is 0 Å². The molecule has 0 bridgehead atoms. The maximum atomic E-state index is 3.43. The highest BCUT2D eigenvalue weighted by atomic mass is 15.0. The van der Waals surface area contributed by atoms with Crippen molar-refractivity contribution < 1.29 is 0 Å². The van der Waals surface area contributed by atoms with E-state index in [4.69, 9.17) is 0 Å². The number of hydrogen-bond acceptors (Lipinski definition) is 1. The molecule has 0 unspecified atom stereocenters. The van der Waals surface area contributed by atoms with Crippen LogP contribution < -0.4 is 5.32 Å². The van der Waals surface area contributed by atoms with Gasteiger partial charge in [0.25, 0.3) is 0 Å². The second kappa shape index (κ2) is 2.63. The van der Waals surface area contributed by atoms with Crippen molar-refractivity contribution in [2.24, 2.45) is 7.05 Å². The Kier molecular flexibility index (Phi) is 1.72. The summed E-state index contributed by atoms with van der Waals surface area (Å²) in [6.07, 6.45) is 1.30. The van der Waals surface area contributed by atoms with E-state index >= 15 is 0 Å². The Labute approximate surface area is 73.6 Å². The van der Waals surface area contributed by atoms with Gasteiger partial charge in [-0.05, 0) is 38.4 Å². The topological polar surface area (TPSA) is 17.0 Å². The van der Waals surface area contributed by atoms with E-state index in [0.717, 1.165) is 0 Å². The smallest absolute Gasteiger partial charge is 0.0350 e. The fourth-order valence-electron chi connectivity index (χ4n) is 1.79. The van der Waals surface area contributed by atoms with Crippen molar-refractivity contribution >= 4 is 0 Å².